The molecule has 3 aliphatic heterocycles. The largest absolute Gasteiger partial charge is 0.394 e. The van der Waals surface area contributed by atoms with Crippen LogP contribution >= 0.6 is 11.8 Å². The highest BCUT2D eigenvalue weighted by molar-refractivity contribution is 8.00. The van der Waals surface area contributed by atoms with E-state index >= 15 is 0 Å². The third-order valence-corrected chi connectivity index (χ3v) is 7.80. The number of nitrogens with zero attached hydrogens (tertiary/aromatic N) is 4. The second-order valence-electron chi connectivity index (χ2n) is 8.43. The number of anilines is 1. The maximum absolute atomic E-state index is 12.5. The molecule has 0 saturated carbocycles. The van der Waals surface area contributed by atoms with Crippen LogP contribution < -0.4 is 16.0 Å². The van der Waals surface area contributed by atoms with Crippen molar-refractivity contribution in [1.82, 2.24) is 30.2 Å². The van der Waals surface area contributed by atoms with Crippen LogP contribution in [0.5, 0.6) is 0 Å². The number of carbonyl (C=O) groups is 2. The minimum atomic E-state index is -0.233. The molecule has 5 atom stereocenters. The Bertz CT molecular complexity index is 1000. The first kappa shape index (κ1) is 21.4. The molecule has 172 valence electrons. The number of urea groups is 1. The van der Waals surface area contributed by atoms with Crippen molar-refractivity contribution < 1.29 is 19.4 Å². The van der Waals surface area contributed by atoms with E-state index in [1.165, 1.54) is 6.33 Å². The van der Waals surface area contributed by atoms with Crippen LogP contribution in [0, 0.1) is 0 Å². The maximum Gasteiger partial charge on any atom is 0.315 e. The van der Waals surface area contributed by atoms with Crippen molar-refractivity contribution in [3.05, 3.63) is 12.7 Å². The Morgan fingerprint density at radius 2 is 2.19 bits per heavy atom. The summed E-state index contributed by atoms with van der Waals surface area (Å²) < 4.78 is 7.65. The Kier molecular flexibility index (Phi) is 6.15. The second-order valence-corrected chi connectivity index (χ2v) is 9.71. The van der Waals surface area contributed by atoms with Crippen molar-refractivity contribution in [2.24, 2.45) is 0 Å². The van der Waals surface area contributed by atoms with Crippen LogP contribution in [0.4, 0.5) is 10.6 Å². The van der Waals surface area contributed by atoms with E-state index in [1.54, 1.807) is 6.33 Å². The molecule has 0 spiro atoms. The highest BCUT2D eigenvalue weighted by atomic mass is 32.2. The number of carbonyl (C=O) groups excluding carboxylic acids is 2. The predicted octanol–water partition coefficient (Wildman–Crippen LogP) is 1.16. The lowest BCUT2D eigenvalue weighted by molar-refractivity contribution is -0.116. The number of amides is 3. The number of aromatic nitrogens is 4. The van der Waals surface area contributed by atoms with Gasteiger partial charge in [-0.3, -0.25) is 9.36 Å². The number of fused-ring (bicyclic) bond motifs is 2. The zero-order valence-corrected chi connectivity index (χ0v) is 18.4. The number of nitrogens with one attached hydrogen (secondary N) is 3. The van der Waals surface area contributed by atoms with Gasteiger partial charge in [0.15, 0.2) is 17.0 Å². The molecule has 11 nitrogen and oxygen atoms in total. The van der Waals surface area contributed by atoms with Crippen LogP contribution in [0.1, 0.15) is 44.8 Å². The number of hydrogen-bond acceptors (Lipinski definition) is 8. The maximum atomic E-state index is 12.5. The molecule has 3 amide bonds. The standard InChI is InChI=1S/C20H27N7O4S/c28-7-11-5-6-15(31-11)27-10-23-17-18(21-9-22-19(17)27)25-14(29)4-2-1-3-13-16-12(8-32-13)24-20(30)26-16/h9-13,15-16,28H,1-8H2,(H2,24,26,30)(H,21,22,25,29)/t11-,12-,13-,15+,16-/m0/s1. The van der Waals surface area contributed by atoms with Gasteiger partial charge in [-0.2, -0.15) is 11.8 Å². The minimum absolute atomic E-state index is 0.00832. The fourth-order valence-corrected chi connectivity index (χ4v) is 6.19. The molecule has 0 radical (unpaired) electrons. The molecule has 0 unspecified atom stereocenters. The number of aliphatic hydroxyl groups excluding tert-OH is 1. The van der Waals surface area contributed by atoms with E-state index in [4.69, 9.17) is 4.74 Å². The van der Waals surface area contributed by atoms with E-state index in [9.17, 15) is 14.7 Å². The van der Waals surface area contributed by atoms with Crippen molar-refractivity contribution in [1.29, 1.82) is 0 Å². The van der Waals surface area contributed by atoms with Gasteiger partial charge in [0, 0.05) is 17.4 Å². The van der Waals surface area contributed by atoms with Gasteiger partial charge >= 0.3 is 6.03 Å². The Balaban J connectivity index is 1.13. The van der Waals surface area contributed by atoms with E-state index in [2.05, 4.69) is 30.9 Å². The fourth-order valence-electron chi connectivity index (χ4n) is 4.65. The highest BCUT2D eigenvalue weighted by Gasteiger charge is 2.42. The van der Waals surface area contributed by atoms with Gasteiger partial charge in [0.1, 0.15) is 12.6 Å². The summed E-state index contributed by atoms with van der Waals surface area (Å²) in [6, 6.07) is 0.350. The Labute approximate surface area is 189 Å². The number of hydrogen-bond donors (Lipinski definition) is 4. The highest BCUT2D eigenvalue weighted by Crippen LogP contribution is 2.33. The molecule has 3 fully saturated rings. The van der Waals surface area contributed by atoms with Crippen LogP contribution in [-0.4, -0.2) is 72.4 Å². The first-order valence-corrected chi connectivity index (χ1v) is 12.1. The van der Waals surface area contributed by atoms with Crippen LogP contribution in [0.15, 0.2) is 12.7 Å². The van der Waals surface area contributed by atoms with E-state index in [1.807, 2.05) is 16.3 Å². The lowest BCUT2D eigenvalue weighted by Crippen LogP contribution is -2.36. The second kappa shape index (κ2) is 9.20. The molecule has 0 bridgehead atoms. The van der Waals surface area contributed by atoms with Gasteiger partial charge in [0.05, 0.1) is 31.1 Å². The average molecular weight is 462 g/mol. The van der Waals surface area contributed by atoms with Crippen LogP contribution in [-0.2, 0) is 9.53 Å². The van der Waals surface area contributed by atoms with Gasteiger partial charge < -0.3 is 25.8 Å². The van der Waals surface area contributed by atoms with Gasteiger partial charge in [-0.15, -0.1) is 0 Å². The summed E-state index contributed by atoms with van der Waals surface area (Å²) in [5, 5.41) is 18.5. The summed E-state index contributed by atoms with van der Waals surface area (Å²) in [7, 11) is 0. The van der Waals surface area contributed by atoms with Crippen LogP contribution in [0.2, 0.25) is 0 Å². The molecule has 2 aromatic rings. The summed E-state index contributed by atoms with van der Waals surface area (Å²) in [6.45, 7) is -0.00832. The Hall–Kier alpha value is -2.44. The molecule has 4 N–H and O–H groups in total. The van der Waals surface area contributed by atoms with E-state index in [-0.39, 0.29) is 43.0 Å². The third kappa shape index (κ3) is 4.26. The zero-order valence-electron chi connectivity index (χ0n) is 17.6. The van der Waals surface area contributed by atoms with Crippen molar-refractivity contribution in [3.63, 3.8) is 0 Å². The molecule has 0 aromatic carbocycles. The summed E-state index contributed by atoms with van der Waals surface area (Å²) in [4.78, 5) is 36.9. The average Bonchev–Trinajstić information content (AvgIpc) is 3.55. The van der Waals surface area contributed by atoms with Gasteiger partial charge in [-0.25, -0.2) is 19.7 Å². The van der Waals surface area contributed by atoms with Gasteiger partial charge in [0.2, 0.25) is 5.91 Å². The van der Waals surface area contributed by atoms with Gasteiger partial charge in [-0.05, 0) is 25.7 Å². The minimum Gasteiger partial charge on any atom is -0.394 e. The number of aliphatic hydroxyl groups is 1. The SMILES string of the molecule is O=C(CCCC[C@@H]1SC[C@@H]2NC(=O)N[C@@H]21)Nc1ncnc2c1ncn2[C@H]1CC[C@@H](CO)O1. The topological polar surface area (TPSA) is 143 Å². The monoisotopic (exact) mass is 461 g/mol. The summed E-state index contributed by atoms with van der Waals surface area (Å²) in [5.74, 6) is 1.23. The van der Waals surface area contributed by atoms with Crippen LogP contribution in [0.3, 0.4) is 0 Å². The quantitative estimate of drug-likeness (QED) is 0.339. The molecule has 12 heteroatoms. The zero-order chi connectivity index (χ0) is 22.1. The first-order chi connectivity index (χ1) is 15.6. The molecule has 3 saturated heterocycles. The van der Waals surface area contributed by atoms with E-state index in [0.717, 1.165) is 37.9 Å². The smallest absolute Gasteiger partial charge is 0.315 e. The molecular weight excluding hydrogens is 434 g/mol. The molecular formula is C20H27N7O4S. The molecule has 3 aliphatic rings. The Morgan fingerprint density at radius 3 is 3.03 bits per heavy atom. The Morgan fingerprint density at radius 1 is 1.28 bits per heavy atom. The number of thioether (sulfide) groups is 1. The molecule has 5 heterocycles. The summed E-state index contributed by atoms with van der Waals surface area (Å²) in [5.41, 5.74) is 1.12. The van der Waals surface area contributed by atoms with Gasteiger partial charge in [-0.1, -0.05) is 6.42 Å². The van der Waals surface area contributed by atoms with E-state index in [0.29, 0.717) is 28.7 Å². The van der Waals surface area contributed by atoms with Crippen molar-refractivity contribution in [2.45, 2.75) is 68.2 Å². The predicted molar refractivity (Wildman–Crippen MR) is 118 cm³/mol. The summed E-state index contributed by atoms with van der Waals surface area (Å²) >= 11 is 1.88. The molecule has 0 aliphatic carbocycles. The van der Waals surface area contributed by atoms with Crippen molar-refractivity contribution >= 4 is 40.7 Å². The molecule has 2 aromatic heterocycles. The molecule has 32 heavy (non-hydrogen) atoms. The number of imidazole rings is 1. The number of ether oxygens (including phenoxy) is 1. The third-order valence-electron chi connectivity index (χ3n) is 6.30. The van der Waals surface area contributed by atoms with Crippen molar-refractivity contribution in [2.75, 3.05) is 17.7 Å². The first-order valence-electron chi connectivity index (χ1n) is 11.0. The van der Waals surface area contributed by atoms with E-state index < -0.39 is 0 Å². The summed E-state index contributed by atoms with van der Waals surface area (Å²) in [6.07, 6.45) is 7.24. The fraction of sp³-hybridized carbons (Fsp3) is 0.650. The lowest BCUT2D eigenvalue weighted by atomic mass is 10.0. The number of unbranched alkanes of at least 4 members (excludes halogenated alkanes) is 1. The normalized spacial score (nSPS) is 29.2. The number of rotatable bonds is 8. The van der Waals surface area contributed by atoms with Crippen molar-refractivity contribution in [3.8, 4) is 0 Å². The lowest BCUT2D eigenvalue weighted by Gasteiger charge is -2.16. The molecule has 5 rings (SSSR count). The van der Waals surface area contributed by atoms with Gasteiger partial charge in [0.25, 0.3) is 0 Å². The van der Waals surface area contributed by atoms with Crippen LogP contribution in [0.25, 0.3) is 11.2 Å².